The van der Waals surface area contributed by atoms with Gasteiger partial charge in [0.15, 0.2) is 5.69 Å². The molecule has 3 heteroatoms. The van der Waals surface area contributed by atoms with Crippen molar-refractivity contribution in [3.05, 3.63) is 65.0 Å². The summed E-state index contributed by atoms with van der Waals surface area (Å²) in [6, 6.07) is 14.5. The van der Waals surface area contributed by atoms with Crippen LogP contribution >= 0.6 is 0 Å². The lowest BCUT2D eigenvalue weighted by Gasteiger charge is -2.23. The topological polar surface area (TPSA) is 28.4 Å². The Balaban J connectivity index is 1.68. The van der Waals surface area contributed by atoms with Crippen molar-refractivity contribution < 1.29 is 0 Å². The van der Waals surface area contributed by atoms with E-state index < -0.39 is 0 Å². The quantitative estimate of drug-likeness (QED) is 0.804. The van der Waals surface area contributed by atoms with Crippen LogP contribution in [-0.4, -0.2) is 19.6 Å². The molecule has 0 amide bonds. The van der Waals surface area contributed by atoms with Gasteiger partial charge < -0.3 is 10.6 Å². The Labute approximate surface area is 144 Å². The molecule has 1 fully saturated rings. The molecule has 2 N–H and O–H groups in total. The van der Waals surface area contributed by atoms with Gasteiger partial charge in [-0.05, 0) is 74.1 Å². The van der Waals surface area contributed by atoms with Crippen LogP contribution in [0.15, 0.2) is 42.5 Å². The molecule has 3 nitrogen and oxygen atoms in total. The molecule has 3 rings (SSSR count). The lowest BCUT2D eigenvalue weighted by Crippen LogP contribution is -2.33. The Morgan fingerprint density at radius 1 is 1.12 bits per heavy atom. The molecule has 0 unspecified atom stereocenters. The van der Waals surface area contributed by atoms with Gasteiger partial charge in [0, 0.05) is 6.54 Å². The second kappa shape index (κ2) is 8.10. The number of rotatable bonds is 5. The van der Waals surface area contributed by atoms with E-state index in [1.165, 1.54) is 29.5 Å². The SMILES string of the molecule is [C-]#[N+]c1cccc(-c2cc(C)cc(CNCC3CCNCC3)c2)c1. The summed E-state index contributed by atoms with van der Waals surface area (Å²) < 4.78 is 0. The number of aryl methyl sites for hydroxylation is 1. The molecule has 0 aliphatic carbocycles. The molecular formula is C21H25N3. The molecule has 2 aromatic rings. The summed E-state index contributed by atoms with van der Waals surface area (Å²) >= 11 is 0. The number of hydrogen-bond acceptors (Lipinski definition) is 2. The van der Waals surface area contributed by atoms with Gasteiger partial charge in [0.2, 0.25) is 0 Å². The van der Waals surface area contributed by atoms with Gasteiger partial charge in [0.25, 0.3) is 0 Å². The summed E-state index contributed by atoms with van der Waals surface area (Å²) in [5, 5.41) is 7.04. The number of piperidine rings is 1. The zero-order chi connectivity index (χ0) is 16.8. The summed E-state index contributed by atoms with van der Waals surface area (Å²) in [7, 11) is 0. The normalized spacial score (nSPS) is 15.2. The highest BCUT2D eigenvalue weighted by Gasteiger charge is 2.12. The summed E-state index contributed by atoms with van der Waals surface area (Å²) in [6.07, 6.45) is 2.55. The maximum Gasteiger partial charge on any atom is 0.187 e. The molecule has 0 bridgehead atoms. The summed E-state index contributed by atoms with van der Waals surface area (Å²) in [6.45, 7) is 13.6. The van der Waals surface area contributed by atoms with E-state index in [0.29, 0.717) is 5.69 Å². The predicted octanol–water partition coefficient (Wildman–Crippen LogP) is 4.30. The predicted molar refractivity (Wildman–Crippen MR) is 100 cm³/mol. The van der Waals surface area contributed by atoms with Gasteiger partial charge in [-0.2, -0.15) is 0 Å². The molecule has 2 aromatic carbocycles. The van der Waals surface area contributed by atoms with Crippen molar-refractivity contribution >= 4 is 5.69 Å². The molecule has 1 heterocycles. The van der Waals surface area contributed by atoms with Gasteiger partial charge >= 0.3 is 0 Å². The minimum Gasteiger partial charge on any atom is -0.317 e. The van der Waals surface area contributed by atoms with Crippen LogP contribution in [0.25, 0.3) is 16.0 Å². The minimum atomic E-state index is 0.694. The molecule has 1 saturated heterocycles. The van der Waals surface area contributed by atoms with Gasteiger partial charge in [-0.25, -0.2) is 4.85 Å². The van der Waals surface area contributed by atoms with Crippen LogP contribution in [0.4, 0.5) is 5.69 Å². The minimum absolute atomic E-state index is 0.694. The summed E-state index contributed by atoms with van der Waals surface area (Å²) in [5.74, 6) is 0.797. The van der Waals surface area contributed by atoms with Crippen LogP contribution in [0.5, 0.6) is 0 Å². The summed E-state index contributed by atoms with van der Waals surface area (Å²) in [5.41, 5.74) is 5.58. The van der Waals surface area contributed by atoms with Crippen molar-refractivity contribution in [2.45, 2.75) is 26.3 Å². The van der Waals surface area contributed by atoms with Crippen LogP contribution in [0, 0.1) is 19.4 Å². The summed E-state index contributed by atoms with van der Waals surface area (Å²) in [4.78, 5) is 3.54. The number of benzene rings is 2. The molecule has 0 aromatic heterocycles. The van der Waals surface area contributed by atoms with Gasteiger partial charge in [0.05, 0.1) is 6.57 Å². The molecule has 1 aliphatic rings. The zero-order valence-corrected chi connectivity index (χ0v) is 14.3. The first kappa shape index (κ1) is 16.7. The van der Waals surface area contributed by atoms with E-state index in [2.05, 4.69) is 46.7 Å². The van der Waals surface area contributed by atoms with E-state index in [-0.39, 0.29) is 0 Å². The fourth-order valence-corrected chi connectivity index (χ4v) is 3.39. The van der Waals surface area contributed by atoms with Gasteiger partial charge in [-0.15, -0.1) is 0 Å². The Hall–Kier alpha value is -2.15. The van der Waals surface area contributed by atoms with Crippen LogP contribution < -0.4 is 10.6 Å². The molecule has 0 saturated carbocycles. The van der Waals surface area contributed by atoms with Crippen LogP contribution in [0.2, 0.25) is 0 Å². The van der Waals surface area contributed by atoms with Crippen molar-refractivity contribution in [2.24, 2.45) is 5.92 Å². The fraction of sp³-hybridized carbons (Fsp3) is 0.381. The van der Waals surface area contributed by atoms with Gasteiger partial charge in [0.1, 0.15) is 0 Å². The maximum absolute atomic E-state index is 7.19. The number of hydrogen-bond donors (Lipinski definition) is 2. The molecule has 0 radical (unpaired) electrons. The molecular weight excluding hydrogens is 294 g/mol. The Kier molecular flexibility index (Phi) is 5.63. The average molecular weight is 319 g/mol. The third-order valence-electron chi connectivity index (χ3n) is 4.67. The number of nitrogens with one attached hydrogen (secondary N) is 2. The van der Waals surface area contributed by atoms with Crippen LogP contribution in [0.3, 0.4) is 0 Å². The van der Waals surface area contributed by atoms with Crippen molar-refractivity contribution in [1.82, 2.24) is 10.6 Å². The van der Waals surface area contributed by atoms with Crippen molar-refractivity contribution in [3.8, 4) is 11.1 Å². The molecule has 24 heavy (non-hydrogen) atoms. The highest BCUT2D eigenvalue weighted by molar-refractivity contribution is 5.69. The molecule has 0 spiro atoms. The lowest BCUT2D eigenvalue weighted by atomic mass is 9.97. The molecule has 0 atom stereocenters. The highest BCUT2D eigenvalue weighted by atomic mass is 14.9. The molecule has 1 aliphatic heterocycles. The monoisotopic (exact) mass is 319 g/mol. The second-order valence-corrected chi connectivity index (χ2v) is 6.69. The van der Waals surface area contributed by atoms with Gasteiger partial charge in [-0.3, -0.25) is 0 Å². The fourth-order valence-electron chi connectivity index (χ4n) is 3.39. The maximum atomic E-state index is 7.19. The van der Waals surface area contributed by atoms with Crippen LogP contribution in [-0.2, 0) is 6.54 Å². The Morgan fingerprint density at radius 2 is 1.96 bits per heavy atom. The smallest absolute Gasteiger partial charge is 0.187 e. The van der Waals surface area contributed by atoms with Crippen molar-refractivity contribution in [3.63, 3.8) is 0 Å². The van der Waals surface area contributed by atoms with E-state index >= 15 is 0 Å². The standard InChI is InChI=1S/C21H25N3/c1-16-10-18(15-24-14-17-6-8-23-9-7-17)12-20(11-16)19-4-3-5-21(13-19)22-2/h3-5,10-13,17,23-24H,6-9,14-15H2,1H3. The van der Waals surface area contributed by atoms with E-state index in [4.69, 9.17) is 6.57 Å². The first-order chi connectivity index (χ1) is 11.7. The first-order valence-electron chi connectivity index (χ1n) is 8.74. The second-order valence-electron chi connectivity index (χ2n) is 6.69. The lowest BCUT2D eigenvalue weighted by molar-refractivity contribution is 0.356. The zero-order valence-electron chi connectivity index (χ0n) is 14.3. The van der Waals surface area contributed by atoms with Crippen LogP contribution in [0.1, 0.15) is 24.0 Å². The van der Waals surface area contributed by atoms with E-state index in [9.17, 15) is 0 Å². The van der Waals surface area contributed by atoms with Crippen molar-refractivity contribution in [1.29, 1.82) is 0 Å². The highest BCUT2D eigenvalue weighted by Crippen LogP contribution is 2.26. The van der Waals surface area contributed by atoms with Crippen molar-refractivity contribution in [2.75, 3.05) is 19.6 Å². The van der Waals surface area contributed by atoms with E-state index in [0.717, 1.165) is 37.7 Å². The third kappa shape index (κ3) is 4.44. The van der Waals surface area contributed by atoms with E-state index in [1.807, 2.05) is 18.2 Å². The largest absolute Gasteiger partial charge is 0.317 e. The molecule has 124 valence electrons. The van der Waals surface area contributed by atoms with E-state index in [1.54, 1.807) is 0 Å². The Morgan fingerprint density at radius 3 is 2.75 bits per heavy atom. The number of nitrogens with zero attached hydrogens (tertiary/aromatic N) is 1. The Bertz CT molecular complexity index is 724. The third-order valence-corrected chi connectivity index (χ3v) is 4.67. The average Bonchev–Trinajstić information content (AvgIpc) is 2.62. The first-order valence-corrected chi connectivity index (χ1v) is 8.74. The van der Waals surface area contributed by atoms with Gasteiger partial charge in [-0.1, -0.05) is 35.9 Å².